The van der Waals surface area contributed by atoms with E-state index in [2.05, 4.69) is 29.5 Å². The van der Waals surface area contributed by atoms with Crippen molar-refractivity contribution in [2.45, 2.75) is 26.4 Å². The van der Waals surface area contributed by atoms with Crippen LogP contribution in [-0.4, -0.2) is 23.9 Å². The van der Waals surface area contributed by atoms with Gasteiger partial charge in [0, 0.05) is 11.3 Å². The highest BCUT2D eigenvalue weighted by molar-refractivity contribution is 5.35. The first-order chi connectivity index (χ1) is 9.15. The van der Waals surface area contributed by atoms with Gasteiger partial charge in [-0.15, -0.1) is 0 Å². The monoisotopic (exact) mass is 259 g/mol. The molecule has 0 aliphatic rings. The van der Waals surface area contributed by atoms with Crippen LogP contribution in [0, 0.1) is 13.8 Å². The molecule has 4 heteroatoms. The standard InChI is InChI=1S/C15H21N3O/c1-11-9-12(2)18(17-11)10-14(16-3)13-7-5-6-8-15(13)19-4/h5-9,14,16H,10H2,1-4H3. The highest BCUT2D eigenvalue weighted by atomic mass is 16.5. The van der Waals surface area contributed by atoms with Gasteiger partial charge in [0.05, 0.1) is 25.4 Å². The van der Waals surface area contributed by atoms with E-state index in [1.165, 1.54) is 5.69 Å². The number of hydrogen-bond acceptors (Lipinski definition) is 3. The number of hydrogen-bond donors (Lipinski definition) is 1. The van der Waals surface area contributed by atoms with E-state index in [-0.39, 0.29) is 6.04 Å². The Morgan fingerprint density at radius 2 is 2.05 bits per heavy atom. The summed E-state index contributed by atoms with van der Waals surface area (Å²) >= 11 is 0. The van der Waals surface area contributed by atoms with Gasteiger partial charge in [-0.1, -0.05) is 18.2 Å². The molecule has 4 nitrogen and oxygen atoms in total. The predicted molar refractivity (Wildman–Crippen MR) is 76.5 cm³/mol. The van der Waals surface area contributed by atoms with Crippen LogP contribution < -0.4 is 10.1 Å². The maximum absolute atomic E-state index is 5.43. The van der Waals surface area contributed by atoms with Crippen LogP contribution in [0.1, 0.15) is 23.0 Å². The number of aromatic nitrogens is 2. The minimum atomic E-state index is 0.175. The third-order valence-electron chi connectivity index (χ3n) is 3.32. The Balaban J connectivity index is 2.27. The number of ether oxygens (including phenoxy) is 1. The first-order valence-electron chi connectivity index (χ1n) is 6.47. The number of nitrogens with one attached hydrogen (secondary N) is 1. The number of para-hydroxylation sites is 1. The Kier molecular flexibility index (Phi) is 4.22. The summed E-state index contributed by atoms with van der Waals surface area (Å²) in [5.41, 5.74) is 3.38. The lowest BCUT2D eigenvalue weighted by molar-refractivity contribution is 0.389. The lowest BCUT2D eigenvalue weighted by Gasteiger charge is -2.20. The van der Waals surface area contributed by atoms with Crippen molar-refractivity contribution in [3.63, 3.8) is 0 Å². The Morgan fingerprint density at radius 1 is 1.32 bits per heavy atom. The average Bonchev–Trinajstić information content (AvgIpc) is 2.74. The van der Waals surface area contributed by atoms with Gasteiger partial charge in [0.1, 0.15) is 5.75 Å². The Labute approximate surface area is 114 Å². The summed E-state index contributed by atoms with van der Waals surface area (Å²) < 4.78 is 7.46. The van der Waals surface area contributed by atoms with E-state index in [4.69, 9.17) is 4.74 Å². The van der Waals surface area contributed by atoms with Gasteiger partial charge in [0.2, 0.25) is 0 Å². The van der Waals surface area contributed by atoms with E-state index < -0.39 is 0 Å². The van der Waals surface area contributed by atoms with Crippen LogP contribution in [0.2, 0.25) is 0 Å². The minimum absolute atomic E-state index is 0.175. The van der Waals surface area contributed by atoms with Gasteiger partial charge in [-0.2, -0.15) is 5.10 Å². The fraction of sp³-hybridized carbons (Fsp3) is 0.400. The molecule has 1 unspecified atom stereocenters. The maximum Gasteiger partial charge on any atom is 0.123 e. The molecule has 1 heterocycles. The van der Waals surface area contributed by atoms with Crippen LogP contribution in [0.3, 0.4) is 0 Å². The van der Waals surface area contributed by atoms with E-state index in [1.54, 1.807) is 7.11 Å². The van der Waals surface area contributed by atoms with E-state index in [0.29, 0.717) is 0 Å². The molecule has 19 heavy (non-hydrogen) atoms. The van der Waals surface area contributed by atoms with Crippen molar-refractivity contribution in [1.29, 1.82) is 0 Å². The largest absolute Gasteiger partial charge is 0.496 e. The van der Waals surface area contributed by atoms with Gasteiger partial charge < -0.3 is 10.1 Å². The number of nitrogens with zero attached hydrogens (tertiary/aromatic N) is 2. The van der Waals surface area contributed by atoms with E-state index >= 15 is 0 Å². The molecule has 0 aliphatic heterocycles. The molecule has 0 saturated carbocycles. The van der Waals surface area contributed by atoms with Crippen molar-refractivity contribution in [1.82, 2.24) is 15.1 Å². The third-order valence-corrected chi connectivity index (χ3v) is 3.32. The molecule has 1 N–H and O–H groups in total. The molecule has 0 fully saturated rings. The van der Waals surface area contributed by atoms with E-state index in [0.717, 1.165) is 23.6 Å². The summed E-state index contributed by atoms with van der Waals surface area (Å²) in [6.07, 6.45) is 0. The summed E-state index contributed by atoms with van der Waals surface area (Å²) in [7, 11) is 3.66. The average molecular weight is 259 g/mol. The number of methoxy groups -OCH3 is 1. The molecule has 0 saturated heterocycles. The summed E-state index contributed by atoms with van der Waals surface area (Å²) in [6, 6.07) is 10.4. The van der Waals surface area contributed by atoms with Crippen LogP contribution in [-0.2, 0) is 6.54 Å². The number of aryl methyl sites for hydroxylation is 2. The lowest BCUT2D eigenvalue weighted by atomic mass is 10.1. The van der Waals surface area contributed by atoms with Crippen molar-refractivity contribution in [2.24, 2.45) is 0 Å². The number of rotatable bonds is 5. The quantitative estimate of drug-likeness (QED) is 0.896. The Hall–Kier alpha value is -1.81. The summed E-state index contributed by atoms with van der Waals surface area (Å²) in [5, 5.41) is 7.85. The fourth-order valence-corrected chi connectivity index (χ4v) is 2.33. The van der Waals surface area contributed by atoms with E-state index in [1.807, 2.05) is 36.9 Å². The second kappa shape index (κ2) is 5.89. The Morgan fingerprint density at radius 3 is 2.63 bits per heavy atom. The van der Waals surface area contributed by atoms with Gasteiger partial charge in [0.15, 0.2) is 0 Å². The first-order valence-corrected chi connectivity index (χ1v) is 6.47. The predicted octanol–water partition coefficient (Wildman–Crippen LogP) is 2.47. The smallest absolute Gasteiger partial charge is 0.123 e. The van der Waals surface area contributed by atoms with Gasteiger partial charge in [-0.3, -0.25) is 4.68 Å². The van der Waals surface area contributed by atoms with Crippen LogP contribution in [0.15, 0.2) is 30.3 Å². The molecule has 0 radical (unpaired) electrons. The SMILES string of the molecule is CNC(Cn1nc(C)cc1C)c1ccccc1OC. The van der Waals surface area contributed by atoms with Gasteiger partial charge in [-0.05, 0) is 33.0 Å². The first kappa shape index (κ1) is 13.6. The molecular formula is C15H21N3O. The zero-order chi connectivity index (χ0) is 13.8. The molecule has 0 aliphatic carbocycles. The molecular weight excluding hydrogens is 238 g/mol. The van der Waals surface area contributed by atoms with Crippen molar-refractivity contribution in [2.75, 3.05) is 14.2 Å². The number of likely N-dealkylation sites (N-methyl/N-ethyl adjacent to an activating group) is 1. The molecule has 102 valence electrons. The normalized spacial score (nSPS) is 12.4. The van der Waals surface area contributed by atoms with E-state index in [9.17, 15) is 0 Å². The minimum Gasteiger partial charge on any atom is -0.496 e. The molecule has 0 amide bonds. The van der Waals surface area contributed by atoms with Gasteiger partial charge in [0.25, 0.3) is 0 Å². The summed E-state index contributed by atoms with van der Waals surface area (Å²) in [4.78, 5) is 0. The molecule has 1 atom stereocenters. The molecule has 1 aromatic carbocycles. The maximum atomic E-state index is 5.43. The molecule has 2 rings (SSSR count). The van der Waals surface area contributed by atoms with Crippen LogP contribution in [0.4, 0.5) is 0 Å². The topological polar surface area (TPSA) is 39.1 Å². The molecule has 1 aromatic heterocycles. The van der Waals surface area contributed by atoms with Crippen LogP contribution in [0.5, 0.6) is 5.75 Å². The molecule has 0 spiro atoms. The molecule has 0 bridgehead atoms. The van der Waals surface area contributed by atoms with Gasteiger partial charge in [-0.25, -0.2) is 0 Å². The Bertz CT molecular complexity index is 548. The highest BCUT2D eigenvalue weighted by Crippen LogP contribution is 2.25. The highest BCUT2D eigenvalue weighted by Gasteiger charge is 2.15. The van der Waals surface area contributed by atoms with Crippen LogP contribution in [0.25, 0.3) is 0 Å². The lowest BCUT2D eigenvalue weighted by Crippen LogP contribution is -2.23. The summed E-state index contributed by atoms with van der Waals surface area (Å²) in [5.74, 6) is 0.906. The zero-order valence-electron chi connectivity index (χ0n) is 12.0. The van der Waals surface area contributed by atoms with Gasteiger partial charge >= 0.3 is 0 Å². The fourth-order valence-electron chi connectivity index (χ4n) is 2.33. The van der Waals surface area contributed by atoms with Crippen molar-refractivity contribution < 1.29 is 4.74 Å². The van der Waals surface area contributed by atoms with Crippen molar-refractivity contribution in [3.8, 4) is 5.75 Å². The molecule has 2 aromatic rings. The second-order valence-electron chi connectivity index (χ2n) is 4.69. The van der Waals surface area contributed by atoms with Crippen molar-refractivity contribution in [3.05, 3.63) is 47.3 Å². The summed E-state index contributed by atoms with van der Waals surface area (Å²) in [6.45, 7) is 4.88. The third kappa shape index (κ3) is 2.96. The zero-order valence-corrected chi connectivity index (χ0v) is 12.0. The van der Waals surface area contributed by atoms with Crippen molar-refractivity contribution >= 4 is 0 Å². The van der Waals surface area contributed by atoms with Crippen LogP contribution >= 0.6 is 0 Å². The number of benzene rings is 1. The second-order valence-corrected chi connectivity index (χ2v) is 4.69.